The summed E-state index contributed by atoms with van der Waals surface area (Å²) in [5.41, 5.74) is 0.583. The van der Waals surface area contributed by atoms with Gasteiger partial charge in [0.1, 0.15) is 17.2 Å². The zero-order valence-electron chi connectivity index (χ0n) is 11.4. The van der Waals surface area contributed by atoms with Gasteiger partial charge in [-0.2, -0.15) is 0 Å². The molecule has 2 aromatic rings. The molecule has 0 aliphatic heterocycles. The van der Waals surface area contributed by atoms with Crippen LogP contribution >= 0.6 is 0 Å². The molecule has 0 heterocycles. The van der Waals surface area contributed by atoms with E-state index in [0.29, 0.717) is 5.56 Å². The molecule has 0 fully saturated rings. The van der Waals surface area contributed by atoms with Crippen LogP contribution in [0.1, 0.15) is 37.4 Å². The minimum absolute atomic E-state index is 0.0193. The van der Waals surface area contributed by atoms with Crippen molar-refractivity contribution in [1.82, 2.24) is 0 Å². The van der Waals surface area contributed by atoms with Crippen LogP contribution < -0.4 is 4.74 Å². The molecule has 0 aromatic heterocycles. The van der Waals surface area contributed by atoms with Gasteiger partial charge in [0.05, 0.1) is 23.8 Å². The Morgan fingerprint density at radius 3 is 2.29 bits per heavy atom. The van der Waals surface area contributed by atoms with Crippen LogP contribution in [0.15, 0.2) is 24.3 Å². The molecule has 1 aliphatic rings. The molecule has 0 atom stereocenters. The van der Waals surface area contributed by atoms with Gasteiger partial charge in [0.25, 0.3) is 0 Å². The first-order chi connectivity index (χ1) is 9.95. The highest BCUT2D eigenvalue weighted by atomic mass is 16.5. The Balaban J connectivity index is 2.41. The van der Waals surface area contributed by atoms with Crippen molar-refractivity contribution in [2.45, 2.75) is 6.92 Å². The number of fused-ring (bicyclic) bond motifs is 2. The van der Waals surface area contributed by atoms with Crippen LogP contribution in [0.25, 0.3) is 0 Å². The Bertz CT molecular complexity index is 805. The smallest absolute Gasteiger partial charge is 0.202 e. The van der Waals surface area contributed by atoms with Crippen LogP contribution in [0, 0.1) is 6.92 Å². The molecule has 0 amide bonds. The lowest BCUT2D eigenvalue weighted by molar-refractivity contribution is 0.0971. The Morgan fingerprint density at radius 2 is 1.62 bits per heavy atom. The fourth-order valence-electron chi connectivity index (χ4n) is 2.64. The van der Waals surface area contributed by atoms with Crippen molar-refractivity contribution in [3.8, 4) is 17.2 Å². The lowest BCUT2D eigenvalue weighted by atomic mass is 9.82. The molecule has 3 rings (SSSR count). The molecular weight excluding hydrogens is 272 g/mol. The Morgan fingerprint density at radius 1 is 0.905 bits per heavy atom. The predicted molar refractivity (Wildman–Crippen MR) is 74.4 cm³/mol. The van der Waals surface area contributed by atoms with Gasteiger partial charge < -0.3 is 14.9 Å². The maximum atomic E-state index is 12.6. The first-order valence-electron chi connectivity index (χ1n) is 6.28. The van der Waals surface area contributed by atoms with Crippen molar-refractivity contribution in [3.63, 3.8) is 0 Å². The summed E-state index contributed by atoms with van der Waals surface area (Å²) >= 11 is 0. The molecule has 0 saturated heterocycles. The van der Waals surface area contributed by atoms with E-state index in [1.54, 1.807) is 6.92 Å². The number of rotatable bonds is 1. The number of aryl methyl sites for hydroxylation is 1. The molecule has 21 heavy (non-hydrogen) atoms. The fraction of sp³-hybridized carbons (Fsp3) is 0.125. The van der Waals surface area contributed by atoms with E-state index < -0.39 is 11.6 Å². The molecule has 0 unspecified atom stereocenters. The van der Waals surface area contributed by atoms with Gasteiger partial charge in [-0.3, -0.25) is 9.59 Å². The lowest BCUT2D eigenvalue weighted by Gasteiger charge is -2.21. The van der Waals surface area contributed by atoms with Gasteiger partial charge >= 0.3 is 0 Å². The van der Waals surface area contributed by atoms with Crippen LogP contribution in [-0.2, 0) is 0 Å². The van der Waals surface area contributed by atoms with Crippen LogP contribution in [0.2, 0.25) is 0 Å². The Hall–Kier alpha value is -2.82. The number of benzene rings is 2. The highest BCUT2D eigenvalue weighted by molar-refractivity contribution is 6.31. The molecular formula is C16H12O5. The molecule has 0 radical (unpaired) electrons. The number of aromatic hydroxyl groups is 2. The predicted octanol–water partition coefficient (Wildman–Crippen LogP) is 2.19. The number of carbonyl (C=O) groups excluding carboxylic acids is 2. The molecule has 106 valence electrons. The van der Waals surface area contributed by atoms with E-state index in [1.165, 1.54) is 31.4 Å². The highest BCUT2D eigenvalue weighted by Crippen LogP contribution is 2.40. The molecule has 2 aromatic carbocycles. The zero-order valence-corrected chi connectivity index (χ0v) is 11.4. The SMILES string of the molecule is COc1ccc(O)c2c1C(=O)c1c(O)cc(C)cc1C2=O. The number of ketones is 2. The summed E-state index contributed by atoms with van der Waals surface area (Å²) in [6, 6.07) is 5.67. The van der Waals surface area contributed by atoms with Gasteiger partial charge in [0.2, 0.25) is 5.78 Å². The minimum Gasteiger partial charge on any atom is -0.507 e. The van der Waals surface area contributed by atoms with E-state index in [9.17, 15) is 19.8 Å². The van der Waals surface area contributed by atoms with E-state index in [4.69, 9.17) is 4.74 Å². The fourth-order valence-corrected chi connectivity index (χ4v) is 2.64. The highest BCUT2D eigenvalue weighted by Gasteiger charge is 2.36. The van der Waals surface area contributed by atoms with Crippen molar-refractivity contribution >= 4 is 11.6 Å². The maximum absolute atomic E-state index is 12.6. The monoisotopic (exact) mass is 284 g/mol. The number of phenols is 2. The van der Waals surface area contributed by atoms with E-state index in [0.717, 1.165) is 0 Å². The topological polar surface area (TPSA) is 83.8 Å². The van der Waals surface area contributed by atoms with E-state index in [-0.39, 0.29) is 39.5 Å². The van der Waals surface area contributed by atoms with E-state index in [1.807, 2.05) is 0 Å². The van der Waals surface area contributed by atoms with Gasteiger partial charge in [-0.05, 0) is 36.8 Å². The third-order valence-electron chi connectivity index (χ3n) is 3.55. The molecule has 0 bridgehead atoms. The third kappa shape index (κ3) is 1.71. The second kappa shape index (κ2) is 4.34. The molecule has 5 nitrogen and oxygen atoms in total. The van der Waals surface area contributed by atoms with E-state index >= 15 is 0 Å². The van der Waals surface area contributed by atoms with Crippen molar-refractivity contribution < 1.29 is 24.5 Å². The van der Waals surface area contributed by atoms with Crippen molar-refractivity contribution in [3.05, 3.63) is 52.1 Å². The van der Waals surface area contributed by atoms with Crippen LogP contribution in [0.5, 0.6) is 17.2 Å². The first kappa shape index (κ1) is 13.2. The molecule has 1 aliphatic carbocycles. The summed E-state index contributed by atoms with van der Waals surface area (Å²) < 4.78 is 5.10. The molecule has 0 spiro atoms. The average molecular weight is 284 g/mol. The van der Waals surface area contributed by atoms with Crippen LogP contribution in [0.3, 0.4) is 0 Å². The standard InChI is InChI=1S/C16H12O5/c1-7-5-8-12(10(18)6-7)16(20)14-11(21-2)4-3-9(17)13(14)15(8)19/h3-6,17-18H,1-2H3. The largest absolute Gasteiger partial charge is 0.507 e. The van der Waals surface area contributed by atoms with Crippen molar-refractivity contribution in [1.29, 1.82) is 0 Å². The number of carbonyl (C=O) groups is 2. The number of phenolic OH excluding ortho intramolecular Hbond substituents is 2. The zero-order chi connectivity index (χ0) is 15.3. The number of ether oxygens (including phenoxy) is 1. The number of methoxy groups -OCH3 is 1. The summed E-state index contributed by atoms with van der Waals surface area (Å²) in [5.74, 6) is -1.39. The lowest BCUT2D eigenvalue weighted by Crippen LogP contribution is -2.22. The second-order valence-corrected chi connectivity index (χ2v) is 4.90. The molecule has 2 N–H and O–H groups in total. The van der Waals surface area contributed by atoms with Crippen LogP contribution in [0.4, 0.5) is 0 Å². The summed E-state index contributed by atoms with van der Waals surface area (Å²) in [4.78, 5) is 25.2. The Labute approximate surface area is 120 Å². The van der Waals surface area contributed by atoms with Crippen molar-refractivity contribution in [2.75, 3.05) is 7.11 Å². The van der Waals surface area contributed by atoms with E-state index in [2.05, 4.69) is 0 Å². The quantitative estimate of drug-likeness (QED) is 0.715. The Kier molecular flexibility index (Phi) is 2.73. The minimum atomic E-state index is -0.537. The summed E-state index contributed by atoms with van der Waals surface area (Å²) in [6.45, 7) is 1.71. The van der Waals surface area contributed by atoms with Crippen LogP contribution in [-0.4, -0.2) is 28.9 Å². The maximum Gasteiger partial charge on any atom is 0.202 e. The summed E-state index contributed by atoms with van der Waals surface area (Å²) in [7, 11) is 1.37. The van der Waals surface area contributed by atoms with Gasteiger partial charge in [0, 0.05) is 5.56 Å². The second-order valence-electron chi connectivity index (χ2n) is 4.90. The third-order valence-corrected chi connectivity index (χ3v) is 3.55. The first-order valence-corrected chi connectivity index (χ1v) is 6.28. The summed E-state index contributed by atoms with van der Waals surface area (Å²) in [5, 5.41) is 19.9. The summed E-state index contributed by atoms with van der Waals surface area (Å²) in [6.07, 6.45) is 0. The van der Waals surface area contributed by atoms with Gasteiger partial charge in [-0.25, -0.2) is 0 Å². The number of hydrogen-bond donors (Lipinski definition) is 2. The van der Waals surface area contributed by atoms with Gasteiger partial charge in [-0.1, -0.05) is 0 Å². The van der Waals surface area contributed by atoms with Crippen molar-refractivity contribution in [2.24, 2.45) is 0 Å². The number of hydrogen-bond acceptors (Lipinski definition) is 5. The van der Waals surface area contributed by atoms with Gasteiger partial charge in [-0.15, -0.1) is 0 Å². The molecule has 0 saturated carbocycles. The normalized spacial score (nSPS) is 12.9. The van der Waals surface area contributed by atoms with Gasteiger partial charge in [0.15, 0.2) is 5.78 Å². The average Bonchev–Trinajstić information content (AvgIpc) is 2.43. The molecule has 5 heteroatoms.